The van der Waals surface area contributed by atoms with Gasteiger partial charge in [0.25, 0.3) is 0 Å². The highest BCUT2D eigenvalue weighted by atomic mass is 79.9. The van der Waals surface area contributed by atoms with Crippen molar-refractivity contribution in [3.8, 4) is 17.0 Å². The van der Waals surface area contributed by atoms with E-state index in [2.05, 4.69) is 46.4 Å². The maximum absolute atomic E-state index is 12.8. The van der Waals surface area contributed by atoms with Crippen molar-refractivity contribution in [2.24, 2.45) is 0 Å². The number of hydrogen-bond acceptors (Lipinski definition) is 8. The third-order valence-electron chi connectivity index (χ3n) is 6.74. The number of hydrogen-bond donors (Lipinski definition) is 2. The summed E-state index contributed by atoms with van der Waals surface area (Å²) in [5, 5.41) is 6.20. The number of morpholine rings is 1. The van der Waals surface area contributed by atoms with Crippen molar-refractivity contribution in [3.05, 3.63) is 94.9 Å². The molecule has 5 rings (SSSR count). The van der Waals surface area contributed by atoms with Crippen LogP contribution in [0.4, 0.5) is 17.3 Å². The Kier molecular flexibility index (Phi) is 10.3. The van der Waals surface area contributed by atoms with Crippen molar-refractivity contribution in [2.45, 2.75) is 13.3 Å². The van der Waals surface area contributed by atoms with Gasteiger partial charge in [0.2, 0.25) is 11.9 Å². The summed E-state index contributed by atoms with van der Waals surface area (Å²) < 4.78 is 12.2. The number of halogens is 1. The zero-order valence-corrected chi connectivity index (χ0v) is 25.0. The van der Waals surface area contributed by atoms with Crippen LogP contribution >= 0.6 is 15.9 Å². The van der Waals surface area contributed by atoms with Gasteiger partial charge in [-0.3, -0.25) is 14.7 Å². The number of carbonyl (C=O) groups is 1. The van der Waals surface area contributed by atoms with Gasteiger partial charge in [0.1, 0.15) is 5.75 Å². The smallest absolute Gasteiger partial charge is 0.248 e. The minimum Gasteiger partial charge on any atom is -0.494 e. The topological polar surface area (TPSA) is 102 Å². The Morgan fingerprint density at radius 1 is 1.12 bits per heavy atom. The molecule has 0 radical (unpaired) electrons. The van der Waals surface area contributed by atoms with Gasteiger partial charge in [0.05, 0.1) is 25.5 Å². The van der Waals surface area contributed by atoms with Crippen LogP contribution in [-0.2, 0) is 9.53 Å². The molecule has 0 saturated carbocycles. The number of ether oxygens (including phenoxy) is 2. The Hall–Kier alpha value is -4.12. The second kappa shape index (κ2) is 14.7. The predicted octanol–water partition coefficient (Wildman–Crippen LogP) is 6.11. The first-order valence-corrected chi connectivity index (χ1v) is 14.7. The number of nitrogens with zero attached hydrogens (tertiary/aromatic N) is 4. The SMILES string of the molecule is Cc1ccc(NC(=O)/C=C/c2cc(OCCCN3CCOCC3)ccc2Br)cc1Nc1nccc(-c2cccnc2)n1. The lowest BCUT2D eigenvalue weighted by Crippen LogP contribution is -2.37. The molecule has 0 unspecified atom stereocenters. The minimum absolute atomic E-state index is 0.247. The van der Waals surface area contributed by atoms with Crippen LogP contribution < -0.4 is 15.4 Å². The third-order valence-corrected chi connectivity index (χ3v) is 7.46. The summed E-state index contributed by atoms with van der Waals surface area (Å²) in [6.07, 6.45) is 9.41. The number of nitrogens with one attached hydrogen (secondary N) is 2. The molecule has 42 heavy (non-hydrogen) atoms. The zero-order valence-electron chi connectivity index (χ0n) is 23.4. The first-order chi connectivity index (χ1) is 20.5. The van der Waals surface area contributed by atoms with Gasteiger partial charge in [-0.25, -0.2) is 9.97 Å². The molecule has 0 spiro atoms. The van der Waals surface area contributed by atoms with Crippen molar-refractivity contribution in [2.75, 3.05) is 50.1 Å². The molecule has 1 fully saturated rings. The molecule has 2 N–H and O–H groups in total. The summed E-state index contributed by atoms with van der Waals surface area (Å²) in [5.74, 6) is 0.975. The monoisotopic (exact) mass is 628 g/mol. The zero-order chi connectivity index (χ0) is 29.1. The lowest BCUT2D eigenvalue weighted by atomic mass is 10.1. The first-order valence-electron chi connectivity index (χ1n) is 13.9. The van der Waals surface area contributed by atoms with Crippen LogP contribution in [0.2, 0.25) is 0 Å². The summed E-state index contributed by atoms with van der Waals surface area (Å²) >= 11 is 3.57. The molecule has 2 aromatic heterocycles. The minimum atomic E-state index is -0.247. The highest BCUT2D eigenvalue weighted by Gasteiger charge is 2.10. The normalized spacial score (nSPS) is 13.7. The quantitative estimate of drug-likeness (QED) is 0.152. The maximum Gasteiger partial charge on any atom is 0.248 e. The molecule has 3 heterocycles. The summed E-state index contributed by atoms with van der Waals surface area (Å²) in [6.45, 7) is 7.16. The fourth-order valence-electron chi connectivity index (χ4n) is 4.44. The van der Waals surface area contributed by atoms with Crippen molar-refractivity contribution in [1.82, 2.24) is 19.9 Å². The Morgan fingerprint density at radius 2 is 2.00 bits per heavy atom. The van der Waals surface area contributed by atoms with Crippen molar-refractivity contribution < 1.29 is 14.3 Å². The number of aryl methyl sites for hydroxylation is 1. The standard InChI is InChI=1S/C32H33BrN6O3/c1-23-5-7-26(21-30(23)38-32-35-13-11-29(37-32)25-4-2-12-34-22-25)36-31(40)10-6-24-20-27(8-9-28(24)33)42-17-3-14-39-15-18-41-19-16-39/h2,4-13,20-22H,3,14-19H2,1H3,(H,36,40)(H,35,37,38)/b10-6+. The van der Waals surface area contributed by atoms with Gasteiger partial charge in [0.15, 0.2) is 0 Å². The van der Waals surface area contributed by atoms with Crippen LogP contribution in [0.1, 0.15) is 17.5 Å². The third kappa shape index (κ3) is 8.45. The Morgan fingerprint density at radius 3 is 2.83 bits per heavy atom. The Labute approximate surface area is 254 Å². The van der Waals surface area contributed by atoms with Crippen LogP contribution in [0.3, 0.4) is 0 Å². The average molecular weight is 630 g/mol. The van der Waals surface area contributed by atoms with Crippen molar-refractivity contribution in [1.29, 1.82) is 0 Å². The van der Waals surface area contributed by atoms with Crippen LogP contribution in [-0.4, -0.2) is 65.2 Å². The number of carbonyl (C=O) groups excluding carboxylic acids is 1. The highest BCUT2D eigenvalue weighted by molar-refractivity contribution is 9.10. The fraction of sp³-hybridized carbons (Fsp3) is 0.250. The molecular weight excluding hydrogens is 596 g/mol. The van der Waals surface area contributed by atoms with Crippen molar-refractivity contribution >= 4 is 45.2 Å². The lowest BCUT2D eigenvalue weighted by molar-refractivity contribution is -0.111. The average Bonchev–Trinajstić information content (AvgIpc) is 3.02. The highest BCUT2D eigenvalue weighted by Crippen LogP contribution is 2.26. The molecule has 1 amide bonds. The number of rotatable bonds is 11. The van der Waals surface area contributed by atoms with E-state index in [4.69, 9.17) is 9.47 Å². The molecule has 0 aliphatic carbocycles. The van der Waals surface area contributed by atoms with Crippen LogP contribution in [0.15, 0.2) is 83.7 Å². The van der Waals surface area contributed by atoms with E-state index in [0.717, 1.165) is 77.6 Å². The van der Waals surface area contributed by atoms with E-state index in [1.54, 1.807) is 24.7 Å². The van der Waals surface area contributed by atoms with Crippen LogP contribution in [0.5, 0.6) is 5.75 Å². The fourth-order valence-corrected chi connectivity index (χ4v) is 4.82. The van der Waals surface area contributed by atoms with E-state index < -0.39 is 0 Å². The number of anilines is 3. The second-order valence-corrected chi connectivity index (χ2v) is 10.7. The van der Waals surface area contributed by atoms with E-state index in [9.17, 15) is 4.79 Å². The Balaban J connectivity index is 1.17. The van der Waals surface area contributed by atoms with E-state index in [0.29, 0.717) is 18.2 Å². The van der Waals surface area contributed by atoms with Gasteiger partial charge in [-0.05, 0) is 79.1 Å². The number of benzene rings is 2. The summed E-state index contributed by atoms with van der Waals surface area (Å²) in [7, 11) is 0. The molecular formula is C32H33BrN6O3. The van der Waals surface area contributed by atoms with Crippen LogP contribution in [0.25, 0.3) is 17.3 Å². The van der Waals surface area contributed by atoms with Gasteiger partial charge >= 0.3 is 0 Å². The van der Waals surface area contributed by atoms with Crippen LogP contribution in [0, 0.1) is 6.92 Å². The first kappa shape index (κ1) is 29.4. The summed E-state index contributed by atoms with van der Waals surface area (Å²) in [6, 6.07) is 17.1. The van der Waals surface area contributed by atoms with Gasteiger partial charge < -0.3 is 20.1 Å². The molecule has 0 bridgehead atoms. The molecule has 4 aromatic rings. The lowest BCUT2D eigenvalue weighted by Gasteiger charge is -2.26. The molecule has 10 heteroatoms. The Bertz CT molecular complexity index is 1530. The summed E-state index contributed by atoms with van der Waals surface area (Å²) in [4.78, 5) is 28.3. The molecule has 2 aromatic carbocycles. The molecule has 1 saturated heterocycles. The molecule has 1 aliphatic rings. The maximum atomic E-state index is 12.8. The molecule has 9 nitrogen and oxygen atoms in total. The number of aromatic nitrogens is 3. The molecule has 216 valence electrons. The largest absolute Gasteiger partial charge is 0.494 e. The summed E-state index contributed by atoms with van der Waals surface area (Å²) in [5.41, 5.74) is 4.96. The molecule has 1 aliphatic heterocycles. The van der Waals surface area contributed by atoms with E-state index in [1.165, 1.54) is 6.08 Å². The number of pyridine rings is 1. The van der Waals surface area contributed by atoms with Gasteiger partial charge in [0, 0.05) is 65.7 Å². The van der Waals surface area contributed by atoms with Gasteiger partial charge in [-0.1, -0.05) is 22.0 Å². The van der Waals surface area contributed by atoms with E-state index >= 15 is 0 Å². The number of amides is 1. The van der Waals surface area contributed by atoms with E-state index in [1.807, 2.05) is 61.5 Å². The second-order valence-electron chi connectivity index (χ2n) is 9.82. The predicted molar refractivity (Wildman–Crippen MR) is 169 cm³/mol. The van der Waals surface area contributed by atoms with Crippen molar-refractivity contribution in [3.63, 3.8) is 0 Å². The van der Waals surface area contributed by atoms with Gasteiger partial charge in [-0.2, -0.15) is 0 Å². The van der Waals surface area contributed by atoms with E-state index in [-0.39, 0.29) is 5.91 Å². The molecule has 0 atom stereocenters. The van der Waals surface area contributed by atoms with Gasteiger partial charge in [-0.15, -0.1) is 0 Å².